The Morgan fingerprint density at radius 2 is 1.25 bits per heavy atom. The highest BCUT2D eigenvalue weighted by molar-refractivity contribution is 5.86. The normalized spacial score (nSPS) is 11.9. The Balaban J connectivity index is 3.54. The summed E-state index contributed by atoms with van der Waals surface area (Å²) in [5.41, 5.74) is 0. The minimum atomic E-state index is -1.34. The summed E-state index contributed by atoms with van der Waals surface area (Å²) >= 11 is 0. The second kappa shape index (κ2) is 15.0. The molecule has 0 aliphatic carbocycles. The smallest absolute Gasteiger partial charge is 0.326 e. The molecule has 6 heteroatoms. The maximum absolute atomic E-state index is 11.6. The van der Waals surface area contributed by atoms with Gasteiger partial charge in [0, 0.05) is 6.42 Å². The van der Waals surface area contributed by atoms with Gasteiger partial charge in [-0.3, -0.25) is 9.59 Å². The van der Waals surface area contributed by atoms with E-state index in [-0.39, 0.29) is 12.3 Å². The number of carboxylic acid groups (broad SMARTS) is 2. The van der Waals surface area contributed by atoms with Gasteiger partial charge in [0.2, 0.25) is 5.91 Å². The molecule has 0 aromatic heterocycles. The van der Waals surface area contributed by atoms with Crippen molar-refractivity contribution in [2.75, 3.05) is 0 Å². The van der Waals surface area contributed by atoms with Gasteiger partial charge < -0.3 is 15.5 Å². The molecule has 0 saturated carbocycles. The lowest BCUT2D eigenvalue weighted by molar-refractivity contribution is -0.147. The van der Waals surface area contributed by atoms with Crippen molar-refractivity contribution < 1.29 is 24.6 Å². The van der Waals surface area contributed by atoms with E-state index in [0.717, 1.165) is 12.8 Å². The third-order valence-electron chi connectivity index (χ3n) is 4.02. The SMILES string of the molecule is CCCCCCCCCCCCCC(=O)N[C@H](CC(=O)O)C(=O)O. The van der Waals surface area contributed by atoms with E-state index in [1.165, 1.54) is 51.4 Å². The molecule has 0 unspecified atom stereocenters. The van der Waals surface area contributed by atoms with Gasteiger partial charge in [0.05, 0.1) is 6.42 Å². The van der Waals surface area contributed by atoms with Crippen LogP contribution in [0.3, 0.4) is 0 Å². The first kappa shape index (κ1) is 22.4. The van der Waals surface area contributed by atoms with E-state index in [0.29, 0.717) is 6.42 Å². The lowest BCUT2D eigenvalue weighted by Crippen LogP contribution is -2.42. The summed E-state index contributed by atoms with van der Waals surface area (Å²) in [4.78, 5) is 33.0. The first-order chi connectivity index (χ1) is 11.5. The van der Waals surface area contributed by atoms with Crippen LogP contribution in [0.2, 0.25) is 0 Å². The minimum absolute atomic E-state index is 0.250. The second-order valence-corrected chi connectivity index (χ2v) is 6.34. The molecule has 1 atom stereocenters. The molecule has 0 radical (unpaired) electrons. The highest BCUT2D eigenvalue weighted by Crippen LogP contribution is 2.12. The molecule has 3 N–H and O–H groups in total. The number of hydrogen-bond acceptors (Lipinski definition) is 3. The predicted octanol–water partition coefficient (Wildman–Crippen LogP) is 3.73. The molecule has 0 saturated heterocycles. The molecule has 0 rings (SSSR count). The van der Waals surface area contributed by atoms with Crippen molar-refractivity contribution in [1.29, 1.82) is 0 Å². The molecular formula is C18H33NO5. The first-order valence-corrected chi connectivity index (χ1v) is 9.21. The van der Waals surface area contributed by atoms with Crippen molar-refractivity contribution in [2.24, 2.45) is 0 Å². The van der Waals surface area contributed by atoms with Crippen molar-refractivity contribution in [1.82, 2.24) is 5.32 Å². The van der Waals surface area contributed by atoms with Gasteiger partial charge in [-0.25, -0.2) is 4.79 Å². The van der Waals surface area contributed by atoms with E-state index >= 15 is 0 Å². The van der Waals surface area contributed by atoms with Crippen LogP contribution >= 0.6 is 0 Å². The quantitative estimate of drug-likeness (QED) is 0.370. The Kier molecular flexibility index (Phi) is 14.0. The summed E-state index contributed by atoms with van der Waals surface area (Å²) in [6.07, 6.45) is 12.7. The van der Waals surface area contributed by atoms with E-state index in [1.807, 2.05) is 0 Å². The number of amides is 1. The average Bonchev–Trinajstić information content (AvgIpc) is 2.51. The van der Waals surface area contributed by atoms with Gasteiger partial charge in [-0.15, -0.1) is 0 Å². The molecule has 0 aliphatic rings. The fourth-order valence-electron chi connectivity index (χ4n) is 2.59. The Labute approximate surface area is 145 Å². The Hall–Kier alpha value is -1.59. The van der Waals surface area contributed by atoms with Gasteiger partial charge >= 0.3 is 11.9 Å². The number of aliphatic carboxylic acids is 2. The van der Waals surface area contributed by atoms with Gasteiger partial charge in [-0.2, -0.15) is 0 Å². The molecule has 0 spiro atoms. The van der Waals surface area contributed by atoms with Crippen LogP contribution < -0.4 is 5.32 Å². The fourth-order valence-corrected chi connectivity index (χ4v) is 2.59. The molecule has 24 heavy (non-hydrogen) atoms. The maximum Gasteiger partial charge on any atom is 0.326 e. The van der Waals surface area contributed by atoms with Gasteiger partial charge in [-0.05, 0) is 6.42 Å². The van der Waals surface area contributed by atoms with Gasteiger partial charge in [0.15, 0.2) is 0 Å². The van der Waals surface area contributed by atoms with Crippen LogP contribution in [-0.2, 0) is 14.4 Å². The van der Waals surface area contributed by atoms with E-state index in [9.17, 15) is 14.4 Å². The Morgan fingerprint density at radius 1 is 0.792 bits per heavy atom. The molecule has 0 fully saturated rings. The Morgan fingerprint density at radius 3 is 1.67 bits per heavy atom. The lowest BCUT2D eigenvalue weighted by Gasteiger charge is -2.12. The second-order valence-electron chi connectivity index (χ2n) is 6.34. The van der Waals surface area contributed by atoms with E-state index in [4.69, 9.17) is 10.2 Å². The van der Waals surface area contributed by atoms with Crippen molar-refractivity contribution in [3.63, 3.8) is 0 Å². The molecule has 1 amide bonds. The summed E-state index contributed by atoms with van der Waals surface area (Å²) in [5, 5.41) is 19.7. The number of nitrogens with one attached hydrogen (secondary N) is 1. The van der Waals surface area contributed by atoms with Crippen molar-refractivity contribution >= 4 is 17.8 Å². The maximum atomic E-state index is 11.6. The molecular weight excluding hydrogens is 310 g/mol. The van der Waals surface area contributed by atoms with Crippen LogP contribution in [0.4, 0.5) is 0 Å². The summed E-state index contributed by atoms with van der Waals surface area (Å²) in [5.74, 6) is -2.94. The zero-order valence-electron chi connectivity index (χ0n) is 14.9. The van der Waals surface area contributed by atoms with Gasteiger partial charge in [0.1, 0.15) is 6.04 Å². The topological polar surface area (TPSA) is 104 Å². The number of carboxylic acids is 2. The molecule has 0 aromatic rings. The third kappa shape index (κ3) is 14.0. The molecule has 6 nitrogen and oxygen atoms in total. The van der Waals surface area contributed by atoms with Crippen molar-refractivity contribution in [2.45, 2.75) is 96.4 Å². The standard InChI is InChI=1S/C18H33NO5/c1-2-3-4-5-6-7-8-9-10-11-12-13-16(20)19-15(18(23)24)14-17(21)22/h15H,2-14H2,1H3,(H,19,20)(H,21,22)(H,23,24)/t15-/m1/s1. The summed E-state index contributed by atoms with van der Waals surface area (Å²) < 4.78 is 0. The molecule has 0 aromatic carbocycles. The van der Waals surface area contributed by atoms with Gasteiger partial charge in [0.25, 0.3) is 0 Å². The minimum Gasteiger partial charge on any atom is -0.481 e. The zero-order chi connectivity index (χ0) is 18.2. The van der Waals surface area contributed by atoms with E-state index in [2.05, 4.69) is 12.2 Å². The molecule has 0 bridgehead atoms. The van der Waals surface area contributed by atoms with Crippen LogP contribution in [-0.4, -0.2) is 34.1 Å². The number of unbranched alkanes of at least 4 members (excludes halogenated alkanes) is 10. The first-order valence-electron chi connectivity index (χ1n) is 9.21. The van der Waals surface area contributed by atoms with Gasteiger partial charge in [-0.1, -0.05) is 71.1 Å². The number of hydrogen-bond donors (Lipinski definition) is 3. The summed E-state index contributed by atoms with van der Waals surface area (Å²) in [7, 11) is 0. The van der Waals surface area contributed by atoms with Crippen molar-refractivity contribution in [3.05, 3.63) is 0 Å². The summed E-state index contributed by atoms with van der Waals surface area (Å²) in [6.45, 7) is 2.22. The molecule has 0 heterocycles. The zero-order valence-corrected chi connectivity index (χ0v) is 14.9. The summed E-state index contributed by atoms with van der Waals surface area (Å²) in [6, 6.07) is -1.34. The van der Waals surface area contributed by atoms with Crippen LogP contribution in [0.15, 0.2) is 0 Å². The highest BCUT2D eigenvalue weighted by Gasteiger charge is 2.22. The van der Waals surface area contributed by atoms with E-state index < -0.39 is 24.4 Å². The average molecular weight is 343 g/mol. The van der Waals surface area contributed by atoms with Crippen LogP contribution in [0.25, 0.3) is 0 Å². The molecule has 140 valence electrons. The van der Waals surface area contributed by atoms with Crippen molar-refractivity contribution in [3.8, 4) is 0 Å². The number of carbonyl (C=O) groups is 3. The Bertz CT molecular complexity index is 370. The monoisotopic (exact) mass is 343 g/mol. The van der Waals surface area contributed by atoms with Crippen LogP contribution in [0.5, 0.6) is 0 Å². The lowest BCUT2D eigenvalue weighted by atomic mass is 10.1. The van der Waals surface area contributed by atoms with Crippen LogP contribution in [0, 0.1) is 0 Å². The predicted molar refractivity (Wildman–Crippen MR) is 92.9 cm³/mol. The third-order valence-corrected chi connectivity index (χ3v) is 4.02. The highest BCUT2D eigenvalue weighted by atomic mass is 16.4. The number of carbonyl (C=O) groups excluding carboxylic acids is 1. The van der Waals surface area contributed by atoms with Crippen LogP contribution in [0.1, 0.15) is 90.4 Å². The largest absolute Gasteiger partial charge is 0.481 e. The number of rotatable bonds is 16. The molecule has 0 aliphatic heterocycles. The van der Waals surface area contributed by atoms with E-state index in [1.54, 1.807) is 0 Å². The fraction of sp³-hybridized carbons (Fsp3) is 0.833.